The van der Waals surface area contributed by atoms with Crippen LogP contribution in [0.15, 0.2) is 40.8 Å². The molecular formula is C19H13F3O6S. The van der Waals surface area contributed by atoms with Crippen molar-refractivity contribution in [2.45, 2.75) is 24.8 Å². The Balaban J connectivity index is 1.88. The van der Waals surface area contributed by atoms with Crippen LogP contribution in [0.3, 0.4) is 0 Å². The predicted molar refractivity (Wildman–Crippen MR) is 95.5 cm³/mol. The summed E-state index contributed by atoms with van der Waals surface area (Å²) in [6, 6.07) is 7.61. The molecule has 2 aromatic carbocycles. The maximum atomic E-state index is 13.0. The Kier molecular flexibility index (Phi) is 3.83. The number of ketones is 1. The molecule has 0 fully saturated rings. The maximum Gasteiger partial charge on any atom is 0.534 e. The molecule has 1 aliphatic rings. The van der Waals surface area contributed by atoms with Crippen LogP contribution in [0.25, 0.3) is 11.0 Å². The summed E-state index contributed by atoms with van der Waals surface area (Å²) in [7, 11) is -5.84. The number of benzene rings is 2. The number of halogens is 3. The number of phenolic OH excluding ortho intramolecular Hbond substituents is 1. The first kappa shape index (κ1) is 19.3. The van der Waals surface area contributed by atoms with E-state index in [1.165, 1.54) is 24.3 Å². The Morgan fingerprint density at radius 3 is 2.45 bits per heavy atom. The number of rotatable bonds is 2. The van der Waals surface area contributed by atoms with E-state index in [9.17, 15) is 31.5 Å². The van der Waals surface area contributed by atoms with Gasteiger partial charge in [-0.2, -0.15) is 21.6 Å². The number of fused-ring (bicyclic) bond motifs is 4. The lowest BCUT2D eigenvalue weighted by molar-refractivity contribution is -0.0500. The molecule has 152 valence electrons. The second-order valence-corrected chi connectivity index (χ2v) is 8.67. The van der Waals surface area contributed by atoms with E-state index in [4.69, 9.17) is 4.42 Å². The first-order valence-electron chi connectivity index (χ1n) is 8.29. The van der Waals surface area contributed by atoms with Crippen molar-refractivity contribution in [1.82, 2.24) is 0 Å². The summed E-state index contributed by atoms with van der Waals surface area (Å²) < 4.78 is 70.0. The summed E-state index contributed by atoms with van der Waals surface area (Å²) in [5, 5.41) is 10.1. The highest BCUT2D eigenvalue weighted by atomic mass is 32.2. The maximum absolute atomic E-state index is 13.0. The number of hydrogen-bond acceptors (Lipinski definition) is 6. The first-order chi connectivity index (χ1) is 13.3. The van der Waals surface area contributed by atoms with E-state index in [2.05, 4.69) is 4.18 Å². The largest absolute Gasteiger partial charge is 0.534 e. The van der Waals surface area contributed by atoms with Crippen LogP contribution in [0.5, 0.6) is 11.5 Å². The standard InChI is InChI=1S/C19H13F3O6S/c1-18(2)13-7-9(23)3-5-11(13)16(24)15-12-6-4-10(8-14(12)27-17(15)18)28-29(25,26)19(20,21)22/h3-8,23H,1-2H3. The van der Waals surface area contributed by atoms with Crippen LogP contribution >= 0.6 is 0 Å². The van der Waals surface area contributed by atoms with E-state index in [-0.39, 0.29) is 28.4 Å². The van der Waals surface area contributed by atoms with Crippen molar-refractivity contribution in [2.75, 3.05) is 0 Å². The van der Waals surface area contributed by atoms with Gasteiger partial charge in [0.1, 0.15) is 22.8 Å². The first-order valence-corrected chi connectivity index (χ1v) is 9.70. The fraction of sp³-hybridized carbons (Fsp3) is 0.211. The summed E-state index contributed by atoms with van der Waals surface area (Å²) in [4.78, 5) is 13.0. The molecule has 29 heavy (non-hydrogen) atoms. The minimum atomic E-state index is -5.84. The highest BCUT2D eigenvalue weighted by molar-refractivity contribution is 7.88. The van der Waals surface area contributed by atoms with E-state index in [0.717, 1.165) is 12.1 Å². The Morgan fingerprint density at radius 2 is 1.79 bits per heavy atom. The second kappa shape index (κ2) is 5.76. The van der Waals surface area contributed by atoms with Crippen LogP contribution in [0, 0.1) is 0 Å². The quantitative estimate of drug-likeness (QED) is 0.487. The lowest BCUT2D eigenvalue weighted by Gasteiger charge is -2.30. The molecule has 1 aromatic heterocycles. The smallest absolute Gasteiger partial charge is 0.508 e. The van der Waals surface area contributed by atoms with Crippen molar-refractivity contribution in [1.29, 1.82) is 0 Å². The van der Waals surface area contributed by atoms with Gasteiger partial charge < -0.3 is 13.7 Å². The van der Waals surface area contributed by atoms with Gasteiger partial charge in [0, 0.05) is 22.4 Å². The van der Waals surface area contributed by atoms with Crippen LogP contribution in [0.2, 0.25) is 0 Å². The zero-order chi connectivity index (χ0) is 21.4. The number of furan rings is 1. The van der Waals surface area contributed by atoms with Crippen molar-refractivity contribution in [3.8, 4) is 11.5 Å². The molecule has 0 unspecified atom stereocenters. The Labute approximate surface area is 162 Å². The van der Waals surface area contributed by atoms with Crippen LogP contribution < -0.4 is 4.18 Å². The molecule has 1 heterocycles. The number of alkyl halides is 3. The molecular weight excluding hydrogens is 413 g/mol. The van der Waals surface area contributed by atoms with Gasteiger partial charge in [-0.05, 0) is 49.7 Å². The molecule has 0 radical (unpaired) electrons. The SMILES string of the molecule is CC1(C)c2cc(O)ccc2C(=O)c2c1oc1cc(OS(=O)(=O)C(F)(F)F)ccc21. The number of aromatic hydroxyl groups is 1. The Hall–Kier alpha value is -3.01. The topological polar surface area (TPSA) is 93.8 Å². The highest BCUT2D eigenvalue weighted by Gasteiger charge is 2.48. The molecule has 6 nitrogen and oxygen atoms in total. The van der Waals surface area contributed by atoms with Gasteiger partial charge in [0.2, 0.25) is 0 Å². The van der Waals surface area contributed by atoms with Gasteiger partial charge in [-0.15, -0.1) is 0 Å². The minimum absolute atomic E-state index is 0.00308. The fourth-order valence-electron chi connectivity index (χ4n) is 3.47. The predicted octanol–water partition coefficient (Wildman–Crippen LogP) is 4.24. The molecule has 0 aliphatic heterocycles. The molecule has 0 spiro atoms. The van der Waals surface area contributed by atoms with E-state index < -0.39 is 26.8 Å². The average Bonchev–Trinajstić information content (AvgIpc) is 2.98. The normalized spacial score (nSPS) is 15.8. The van der Waals surface area contributed by atoms with Crippen molar-refractivity contribution in [3.63, 3.8) is 0 Å². The molecule has 0 bridgehead atoms. The molecule has 0 amide bonds. The lowest BCUT2D eigenvalue weighted by atomic mass is 9.72. The molecule has 10 heteroatoms. The summed E-state index contributed by atoms with van der Waals surface area (Å²) in [6.45, 7) is 3.54. The molecule has 4 rings (SSSR count). The van der Waals surface area contributed by atoms with Crippen molar-refractivity contribution < 1.29 is 40.1 Å². The number of carbonyl (C=O) groups excluding carboxylic acids is 1. The lowest BCUT2D eigenvalue weighted by Crippen LogP contribution is -2.29. The van der Waals surface area contributed by atoms with Gasteiger partial charge in [0.15, 0.2) is 5.78 Å². The molecule has 3 aromatic rings. The third-order valence-electron chi connectivity index (χ3n) is 4.87. The number of hydrogen-bond donors (Lipinski definition) is 1. The molecule has 0 atom stereocenters. The van der Waals surface area contributed by atoms with E-state index in [1.807, 2.05) is 0 Å². The Bertz CT molecular complexity index is 1290. The molecule has 0 saturated carbocycles. The van der Waals surface area contributed by atoms with E-state index in [1.54, 1.807) is 13.8 Å². The van der Waals surface area contributed by atoms with E-state index in [0.29, 0.717) is 16.5 Å². The van der Waals surface area contributed by atoms with Gasteiger partial charge in [-0.25, -0.2) is 0 Å². The van der Waals surface area contributed by atoms with Crippen LogP contribution in [0.4, 0.5) is 13.2 Å². The van der Waals surface area contributed by atoms with Gasteiger partial charge in [-0.3, -0.25) is 4.79 Å². The Morgan fingerprint density at radius 1 is 1.10 bits per heavy atom. The van der Waals surface area contributed by atoms with Gasteiger partial charge in [0.05, 0.1) is 5.56 Å². The van der Waals surface area contributed by atoms with Crippen molar-refractivity contribution in [2.24, 2.45) is 0 Å². The number of phenols is 1. The molecule has 0 saturated heterocycles. The summed E-state index contributed by atoms with van der Waals surface area (Å²) >= 11 is 0. The van der Waals surface area contributed by atoms with Crippen molar-refractivity contribution >= 4 is 26.9 Å². The second-order valence-electron chi connectivity index (χ2n) is 7.13. The summed E-state index contributed by atoms with van der Waals surface area (Å²) in [5.74, 6) is -0.741. The molecule has 1 N–H and O–H groups in total. The van der Waals surface area contributed by atoms with Gasteiger partial charge in [0.25, 0.3) is 0 Å². The number of carbonyl (C=O) groups is 1. The summed E-state index contributed by atoms with van der Waals surface area (Å²) in [5.41, 5.74) is -5.29. The average molecular weight is 426 g/mol. The highest BCUT2D eigenvalue weighted by Crippen LogP contribution is 2.46. The fourth-order valence-corrected chi connectivity index (χ4v) is 3.92. The zero-order valence-corrected chi connectivity index (χ0v) is 15.8. The van der Waals surface area contributed by atoms with Crippen LogP contribution in [0.1, 0.15) is 41.1 Å². The van der Waals surface area contributed by atoms with E-state index >= 15 is 0 Å². The van der Waals surface area contributed by atoms with Crippen molar-refractivity contribution in [3.05, 3.63) is 58.8 Å². The summed E-state index contributed by atoms with van der Waals surface area (Å²) in [6.07, 6.45) is 0. The monoisotopic (exact) mass is 426 g/mol. The molecule has 1 aliphatic carbocycles. The van der Waals surface area contributed by atoms with Crippen LogP contribution in [-0.4, -0.2) is 24.8 Å². The van der Waals surface area contributed by atoms with Crippen LogP contribution in [-0.2, 0) is 15.5 Å². The van der Waals surface area contributed by atoms with Gasteiger partial charge in [-0.1, -0.05) is 0 Å². The zero-order valence-electron chi connectivity index (χ0n) is 15.0. The minimum Gasteiger partial charge on any atom is -0.508 e. The van der Waals surface area contributed by atoms with Gasteiger partial charge >= 0.3 is 15.6 Å². The third-order valence-corrected chi connectivity index (χ3v) is 5.85. The third kappa shape index (κ3) is 2.78.